The zero-order valence-electron chi connectivity index (χ0n) is 8.52. The van der Waals surface area contributed by atoms with Crippen molar-refractivity contribution < 1.29 is 9.84 Å². The zero-order chi connectivity index (χ0) is 10.9. The van der Waals surface area contributed by atoms with Crippen LogP contribution in [0.4, 0.5) is 0 Å². The van der Waals surface area contributed by atoms with E-state index in [4.69, 9.17) is 15.1 Å². The lowest BCUT2D eigenvalue weighted by Gasteiger charge is -2.04. The van der Waals surface area contributed by atoms with Gasteiger partial charge < -0.3 is 9.84 Å². The topological polar surface area (TPSA) is 66.1 Å². The first-order valence-corrected chi connectivity index (χ1v) is 4.92. The van der Waals surface area contributed by atoms with E-state index in [0.717, 1.165) is 12.8 Å². The lowest BCUT2D eigenvalue weighted by molar-refractivity contribution is 0.275. The van der Waals surface area contributed by atoms with Crippen LogP contribution >= 0.6 is 0 Å². The van der Waals surface area contributed by atoms with Gasteiger partial charge in [0.1, 0.15) is 5.75 Å². The van der Waals surface area contributed by atoms with Crippen molar-refractivity contribution in [1.82, 2.24) is 4.98 Å². The first-order chi connectivity index (χ1) is 7.36. The highest BCUT2D eigenvalue weighted by atomic mass is 16.5. The molecule has 0 unspecified atom stereocenters. The molecule has 1 N–H and O–H groups in total. The molecule has 15 heavy (non-hydrogen) atoms. The minimum Gasteiger partial charge on any atom is -0.492 e. The molecular formula is C11H14N2O2. The number of aliphatic hydroxyl groups is 1. The quantitative estimate of drug-likeness (QED) is 0.718. The molecule has 4 nitrogen and oxygen atoms in total. The fourth-order valence-corrected chi connectivity index (χ4v) is 1.09. The van der Waals surface area contributed by atoms with Crippen LogP contribution in [-0.4, -0.2) is 16.7 Å². The lowest BCUT2D eigenvalue weighted by Crippen LogP contribution is -1.98. The predicted molar refractivity (Wildman–Crippen MR) is 55.1 cm³/mol. The molecule has 4 heteroatoms. The second kappa shape index (κ2) is 6.80. The number of ether oxygens (including phenoxy) is 1. The number of rotatable bonds is 6. The average molecular weight is 206 g/mol. The molecule has 1 aromatic rings. The summed E-state index contributed by atoms with van der Waals surface area (Å²) in [6.45, 7) is 0.546. The number of nitriles is 1. The normalized spacial score (nSPS) is 9.60. The third kappa shape index (κ3) is 4.43. The summed E-state index contributed by atoms with van der Waals surface area (Å²) in [5, 5.41) is 17.1. The van der Waals surface area contributed by atoms with E-state index in [1.807, 2.05) is 0 Å². The summed E-state index contributed by atoms with van der Waals surface area (Å²) in [5.41, 5.74) is 0.631. The van der Waals surface area contributed by atoms with Gasteiger partial charge in [0.05, 0.1) is 31.2 Å². The molecule has 1 rings (SSSR count). The molecule has 1 heterocycles. The molecule has 0 radical (unpaired) electrons. The van der Waals surface area contributed by atoms with Crippen molar-refractivity contribution in [2.75, 3.05) is 6.61 Å². The van der Waals surface area contributed by atoms with Gasteiger partial charge in [0.25, 0.3) is 0 Å². The van der Waals surface area contributed by atoms with Crippen LogP contribution in [0.5, 0.6) is 5.75 Å². The molecule has 0 aliphatic heterocycles. The molecule has 0 spiro atoms. The number of unbranched alkanes of at least 4 members (excludes halogenated alkanes) is 2. The third-order valence-corrected chi connectivity index (χ3v) is 1.91. The standard InChI is InChI=1S/C11H14N2O2/c12-6-2-1-3-7-15-11-5-4-10(9-14)13-8-11/h4-5,8,14H,1-3,7,9H2. The molecule has 0 saturated heterocycles. The van der Waals surface area contributed by atoms with Crippen LogP contribution in [0.25, 0.3) is 0 Å². The van der Waals surface area contributed by atoms with Crippen LogP contribution in [0.15, 0.2) is 18.3 Å². The van der Waals surface area contributed by atoms with E-state index in [-0.39, 0.29) is 6.61 Å². The highest BCUT2D eigenvalue weighted by Gasteiger charge is 1.95. The Balaban J connectivity index is 2.23. The fourth-order valence-electron chi connectivity index (χ4n) is 1.09. The largest absolute Gasteiger partial charge is 0.492 e. The van der Waals surface area contributed by atoms with Crippen molar-refractivity contribution in [3.05, 3.63) is 24.0 Å². The van der Waals surface area contributed by atoms with E-state index >= 15 is 0 Å². The van der Waals surface area contributed by atoms with Crippen LogP contribution < -0.4 is 4.74 Å². The maximum atomic E-state index is 8.77. The fraction of sp³-hybridized carbons (Fsp3) is 0.455. The van der Waals surface area contributed by atoms with Gasteiger partial charge in [-0.25, -0.2) is 0 Å². The minimum atomic E-state index is -0.0531. The van der Waals surface area contributed by atoms with Crippen LogP contribution in [0.1, 0.15) is 25.0 Å². The summed E-state index contributed by atoms with van der Waals surface area (Å²) in [4.78, 5) is 3.98. The molecule has 0 aliphatic carbocycles. The number of aromatic nitrogens is 1. The Morgan fingerprint density at radius 2 is 2.27 bits per heavy atom. The van der Waals surface area contributed by atoms with Gasteiger partial charge in [0, 0.05) is 6.42 Å². The van der Waals surface area contributed by atoms with Crippen molar-refractivity contribution >= 4 is 0 Å². The van der Waals surface area contributed by atoms with Gasteiger partial charge in [0.15, 0.2) is 0 Å². The summed E-state index contributed by atoms with van der Waals surface area (Å²) >= 11 is 0. The Bertz CT molecular complexity index is 316. The smallest absolute Gasteiger partial charge is 0.137 e. The van der Waals surface area contributed by atoms with E-state index in [1.165, 1.54) is 0 Å². The van der Waals surface area contributed by atoms with Gasteiger partial charge in [-0.3, -0.25) is 4.98 Å². The molecule has 0 amide bonds. The molecule has 80 valence electrons. The molecule has 0 aromatic carbocycles. The number of hydrogen-bond donors (Lipinski definition) is 1. The number of nitrogens with zero attached hydrogens (tertiary/aromatic N) is 2. The summed E-state index contributed by atoms with van der Waals surface area (Å²) in [6.07, 6.45) is 3.90. The second-order valence-electron chi connectivity index (χ2n) is 3.11. The Morgan fingerprint density at radius 1 is 1.40 bits per heavy atom. The van der Waals surface area contributed by atoms with Gasteiger partial charge in [-0.2, -0.15) is 5.26 Å². The minimum absolute atomic E-state index is 0.0531. The van der Waals surface area contributed by atoms with E-state index in [9.17, 15) is 0 Å². The SMILES string of the molecule is N#CCCCCOc1ccc(CO)nc1. The Hall–Kier alpha value is -1.60. The molecule has 0 aliphatic rings. The van der Waals surface area contributed by atoms with E-state index in [1.54, 1.807) is 18.3 Å². The van der Waals surface area contributed by atoms with Crippen molar-refractivity contribution in [2.24, 2.45) is 0 Å². The molecular weight excluding hydrogens is 192 g/mol. The maximum absolute atomic E-state index is 8.77. The van der Waals surface area contributed by atoms with Crippen molar-refractivity contribution in [2.45, 2.75) is 25.9 Å². The van der Waals surface area contributed by atoms with Crippen molar-refractivity contribution in [3.8, 4) is 11.8 Å². The van der Waals surface area contributed by atoms with Gasteiger partial charge >= 0.3 is 0 Å². The Kier molecular flexibility index (Phi) is 5.20. The first kappa shape index (κ1) is 11.5. The lowest BCUT2D eigenvalue weighted by atomic mass is 10.2. The number of pyridine rings is 1. The maximum Gasteiger partial charge on any atom is 0.137 e. The monoisotopic (exact) mass is 206 g/mol. The van der Waals surface area contributed by atoms with Crippen molar-refractivity contribution in [1.29, 1.82) is 5.26 Å². The highest BCUT2D eigenvalue weighted by molar-refractivity contribution is 5.19. The van der Waals surface area contributed by atoms with Crippen LogP contribution in [0, 0.1) is 11.3 Å². The van der Waals surface area contributed by atoms with Crippen molar-refractivity contribution in [3.63, 3.8) is 0 Å². The zero-order valence-corrected chi connectivity index (χ0v) is 8.52. The third-order valence-electron chi connectivity index (χ3n) is 1.91. The molecule has 0 saturated carbocycles. The van der Waals surface area contributed by atoms with E-state index in [2.05, 4.69) is 11.1 Å². The van der Waals surface area contributed by atoms with Gasteiger partial charge in [-0.05, 0) is 25.0 Å². The van der Waals surface area contributed by atoms with Crippen LogP contribution in [0.2, 0.25) is 0 Å². The van der Waals surface area contributed by atoms with Gasteiger partial charge in [-0.1, -0.05) is 0 Å². The van der Waals surface area contributed by atoms with E-state index < -0.39 is 0 Å². The highest BCUT2D eigenvalue weighted by Crippen LogP contribution is 2.09. The Labute approximate surface area is 89.1 Å². The number of hydrogen-bond acceptors (Lipinski definition) is 4. The summed E-state index contributed by atoms with van der Waals surface area (Å²) < 4.78 is 5.40. The second-order valence-corrected chi connectivity index (χ2v) is 3.11. The summed E-state index contributed by atoms with van der Waals surface area (Å²) in [5.74, 6) is 0.698. The molecule has 0 fully saturated rings. The summed E-state index contributed by atoms with van der Waals surface area (Å²) in [6, 6.07) is 5.59. The molecule has 1 aromatic heterocycles. The van der Waals surface area contributed by atoms with Crippen LogP contribution in [0.3, 0.4) is 0 Å². The number of aliphatic hydroxyl groups excluding tert-OH is 1. The molecule has 0 atom stereocenters. The first-order valence-electron chi connectivity index (χ1n) is 4.92. The Morgan fingerprint density at radius 3 is 2.87 bits per heavy atom. The average Bonchev–Trinajstić information content (AvgIpc) is 2.30. The van der Waals surface area contributed by atoms with E-state index in [0.29, 0.717) is 24.5 Å². The summed E-state index contributed by atoms with van der Waals surface area (Å²) in [7, 11) is 0. The molecule has 0 bridgehead atoms. The van der Waals surface area contributed by atoms with Gasteiger partial charge in [0.2, 0.25) is 0 Å². The van der Waals surface area contributed by atoms with Gasteiger partial charge in [-0.15, -0.1) is 0 Å². The predicted octanol–water partition coefficient (Wildman–Crippen LogP) is 1.65. The van der Waals surface area contributed by atoms with Crippen LogP contribution in [-0.2, 0) is 6.61 Å².